The Hall–Kier alpha value is -2.94. The molecule has 0 radical (unpaired) electrons. The van der Waals surface area contributed by atoms with E-state index in [1.165, 1.54) is 49.4 Å². The zero-order valence-corrected chi connectivity index (χ0v) is 14.9. The Morgan fingerprint density at radius 3 is 2.27 bits per heavy atom. The molecule has 0 aliphatic carbocycles. The monoisotopic (exact) mass is 380 g/mol. The fraction of sp³-hybridized carbons (Fsp3) is 0.176. The fourth-order valence-electron chi connectivity index (χ4n) is 2.18. The highest BCUT2D eigenvalue weighted by Crippen LogP contribution is 2.26. The molecule has 7 nitrogen and oxygen atoms in total. The lowest BCUT2D eigenvalue weighted by atomic mass is 10.3. The van der Waals surface area contributed by atoms with Crippen LogP contribution >= 0.6 is 0 Å². The standard InChI is InChI=1S/C17H17FN2O5S/c1-12(21)19-13-7-9-14(10-8-13)26(23,24)20(11-17(22)25-2)16-6-4-3-5-15(16)18/h3-10H,11H2,1-2H3,(H,19,21). The number of benzene rings is 2. The van der Waals surface area contributed by atoms with Gasteiger partial charge >= 0.3 is 5.97 Å². The van der Waals surface area contributed by atoms with Crippen molar-refractivity contribution in [2.45, 2.75) is 11.8 Å². The Balaban J connectivity index is 2.47. The third kappa shape index (κ3) is 4.37. The van der Waals surface area contributed by atoms with Crippen LogP contribution < -0.4 is 9.62 Å². The number of hydrogen-bond donors (Lipinski definition) is 1. The minimum atomic E-state index is -4.25. The van der Waals surface area contributed by atoms with Crippen LogP contribution in [-0.2, 0) is 24.3 Å². The molecule has 2 aromatic carbocycles. The predicted molar refractivity (Wildman–Crippen MR) is 93.7 cm³/mol. The number of sulfonamides is 1. The lowest BCUT2D eigenvalue weighted by Crippen LogP contribution is -2.36. The summed E-state index contributed by atoms with van der Waals surface area (Å²) in [6.07, 6.45) is 0. The molecular weight excluding hydrogens is 363 g/mol. The van der Waals surface area contributed by atoms with Gasteiger partial charge in [-0.25, -0.2) is 12.8 Å². The number of carbonyl (C=O) groups is 2. The highest BCUT2D eigenvalue weighted by molar-refractivity contribution is 7.92. The molecule has 0 atom stereocenters. The molecule has 2 rings (SSSR count). The lowest BCUT2D eigenvalue weighted by Gasteiger charge is -2.23. The molecule has 0 heterocycles. The van der Waals surface area contributed by atoms with Crippen molar-refractivity contribution in [3.8, 4) is 0 Å². The van der Waals surface area contributed by atoms with Gasteiger partial charge in [0.05, 0.1) is 17.7 Å². The number of amides is 1. The molecule has 1 N–H and O–H groups in total. The van der Waals surface area contributed by atoms with Gasteiger partial charge in [0.15, 0.2) is 0 Å². The van der Waals surface area contributed by atoms with E-state index < -0.39 is 28.4 Å². The molecule has 0 saturated heterocycles. The van der Waals surface area contributed by atoms with E-state index in [0.29, 0.717) is 9.99 Å². The molecule has 0 aliphatic rings. The van der Waals surface area contributed by atoms with Crippen LogP contribution in [0, 0.1) is 5.82 Å². The summed E-state index contributed by atoms with van der Waals surface area (Å²) in [7, 11) is -3.14. The van der Waals surface area contributed by atoms with Gasteiger partial charge in [-0.3, -0.25) is 13.9 Å². The molecule has 0 aliphatic heterocycles. The highest BCUT2D eigenvalue weighted by Gasteiger charge is 2.29. The van der Waals surface area contributed by atoms with Crippen molar-refractivity contribution in [1.29, 1.82) is 0 Å². The Labute approximate surface area is 150 Å². The first-order valence-electron chi connectivity index (χ1n) is 7.47. The normalized spacial score (nSPS) is 10.9. The summed E-state index contributed by atoms with van der Waals surface area (Å²) in [6, 6.07) is 10.5. The highest BCUT2D eigenvalue weighted by atomic mass is 32.2. The Morgan fingerprint density at radius 2 is 1.73 bits per heavy atom. The lowest BCUT2D eigenvalue weighted by molar-refractivity contribution is -0.138. The zero-order valence-electron chi connectivity index (χ0n) is 14.1. The van der Waals surface area contributed by atoms with E-state index >= 15 is 0 Å². The van der Waals surface area contributed by atoms with Gasteiger partial charge in [-0.1, -0.05) is 12.1 Å². The van der Waals surface area contributed by atoms with Gasteiger partial charge in [0.25, 0.3) is 10.0 Å². The topological polar surface area (TPSA) is 92.8 Å². The summed E-state index contributed by atoms with van der Waals surface area (Å²) in [5, 5.41) is 2.51. The van der Waals surface area contributed by atoms with Crippen molar-refractivity contribution >= 4 is 33.3 Å². The molecule has 0 aromatic heterocycles. The first-order valence-corrected chi connectivity index (χ1v) is 8.91. The second kappa shape index (κ2) is 7.96. The average Bonchev–Trinajstić information content (AvgIpc) is 2.60. The molecule has 0 fully saturated rings. The van der Waals surface area contributed by atoms with Gasteiger partial charge in [-0.05, 0) is 36.4 Å². The van der Waals surface area contributed by atoms with Crippen LogP contribution in [0.5, 0.6) is 0 Å². The van der Waals surface area contributed by atoms with Gasteiger partial charge in [0, 0.05) is 12.6 Å². The van der Waals surface area contributed by atoms with Crippen molar-refractivity contribution in [2.75, 3.05) is 23.3 Å². The SMILES string of the molecule is COC(=O)CN(c1ccccc1F)S(=O)(=O)c1ccc(NC(C)=O)cc1. The molecular formula is C17H17FN2O5S. The number of anilines is 2. The van der Waals surface area contributed by atoms with Gasteiger partial charge in [-0.15, -0.1) is 0 Å². The van der Waals surface area contributed by atoms with Gasteiger partial charge in [-0.2, -0.15) is 0 Å². The van der Waals surface area contributed by atoms with Crippen LogP contribution in [0.25, 0.3) is 0 Å². The van der Waals surface area contributed by atoms with Gasteiger partial charge < -0.3 is 10.1 Å². The molecule has 0 bridgehead atoms. The maximum atomic E-state index is 14.1. The summed E-state index contributed by atoms with van der Waals surface area (Å²) in [5.74, 6) is -1.94. The minimum absolute atomic E-state index is 0.168. The van der Waals surface area contributed by atoms with E-state index in [4.69, 9.17) is 0 Å². The zero-order chi connectivity index (χ0) is 19.3. The summed E-state index contributed by atoms with van der Waals surface area (Å²) in [4.78, 5) is 22.5. The summed E-state index contributed by atoms with van der Waals surface area (Å²) in [5.41, 5.74) is 0.130. The summed E-state index contributed by atoms with van der Waals surface area (Å²) in [6.45, 7) is 0.633. The number of carbonyl (C=O) groups excluding carboxylic acids is 2. The van der Waals surface area contributed by atoms with Crippen LogP contribution in [0.1, 0.15) is 6.92 Å². The van der Waals surface area contributed by atoms with Crippen molar-refractivity contribution in [3.63, 3.8) is 0 Å². The van der Waals surface area contributed by atoms with E-state index in [9.17, 15) is 22.4 Å². The molecule has 138 valence electrons. The smallest absolute Gasteiger partial charge is 0.326 e. The number of halogens is 1. The van der Waals surface area contributed by atoms with Gasteiger partial charge in [0.1, 0.15) is 12.4 Å². The number of methoxy groups -OCH3 is 1. The molecule has 26 heavy (non-hydrogen) atoms. The van der Waals surface area contributed by atoms with E-state index in [2.05, 4.69) is 10.1 Å². The Kier molecular flexibility index (Phi) is 5.93. The van der Waals surface area contributed by atoms with Crippen molar-refractivity contribution in [3.05, 3.63) is 54.3 Å². The van der Waals surface area contributed by atoms with Crippen LogP contribution in [0.15, 0.2) is 53.4 Å². The van der Waals surface area contributed by atoms with E-state index in [-0.39, 0.29) is 16.5 Å². The minimum Gasteiger partial charge on any atom is -0.468 e. The summed E-state index contributed by atoms with van der Waals surface area (Å²) >= 11 is 0. The van der Waals surface area contributed by atoms with Gasteiger partial charge in [0.2, 0.25) is 5.91 Å². The van der Waals surface area contributed by atoms with Crippen LogP contribution in [0.4, 0.5) is 15.8 Å². The molecule has 9 heteroatoms. The molecule has 1 amide bonds. The first-order chi connectivity index (χ1) is 12.3. The summed E-state index contributed by atoms with van der Waals surface area (Å²) < 4.78 is 45.2. The number of para-hydroxylation sites is 1. The molecule has 0 spiro atoms. The van der Waals surface area contributed by atoms with Crippen LogP contribution in [-0.4, -0.2) is 33.9 Å². The average molecular weight is 380 g/mol. The van der Waals surface area contributed by atoms with Crippen LogP contribution in [0.3, 0.4) is 0 Å². The quantitative estimate of drug-likeness (QED) is 0.775. The number of rotatable bonds is 6. The Bertz CT molecular complexity index is 913. The number of hydrogen-bond acceptors (Lipinski definition) is 5. The van der Waals surface area contributed by atoms with Crippen molar-refractivity contribution in [2.24, 2.45) is 0 Å². The maximum absolute atomic E-state index is 14.1. The molecule has 2 aromatic rings. The van der Waals surface area contributed by atoms with E-state index in [0.717, 1.165) is 13.2 Å². The third-order valence-corrected chi connectivity index (χ3v) is 5.16. The Morgan fingerprint density at radius 1 is 1.12 bits per heavy atom. The van der Waals surface area contributed by atoms with E-state index in [1.807, 2.05) is 0 Å². The van der Waals surface area contributed by atoms with Crippen molar-refractivity contribution in [1.82, 2.24) is 0 Å². The number of nitrogens with zero attached hydrogens (tertiary/aromatic N) is 1. The molecule has 0 unspecified atom stereocenters. The third-order valence-electron chi connectivity index (χ3n) is 3.38. The number of esters is 1. The largest absolute Gasteiger partial charge is 0.468 e. The number of ether oxygens (including phenoxy) is 1. The second-order valence-electron chi connectivity index (χ2n) is 5.24. The van der Waals surface area contributed by atoms with Crippen molar-refractivity contribution < 1.29 is 27.1 Å². The number of nitrogens with one attached hydrogen (secondary N) is 1. The molecule has 0 saturated carbocycles. The second-order valence-corrected chi connectivity index (χ2v) is 7.11. The first kappa shape index (κ1) is 19.4. The fourth-order valence-corrected chi connectivity index (χ4v) is 3.59. The predicted octanol–water partition coefficient (Wildman–Crippen LogP) is 2.15. The maximum Gasteiger partial charge on any atom is 0.326 e. The van der Waals surface area contributed by atoms with Crippen LogP contribution in [0.2, 0.25) is 0 Å². The van der Waals surface area contributed by atoms with E-state index in [1.54, 1.807) is 0 Å².